The molecule has 5 rings (SSSR count). The fourth-order valence-corrected chi connectivity index (χ4v) is 4.92. The Morgan fingerprint density at radius 3 is 2.19 bits per heavy atom. The predicted octanol–water partition coefficient (Wildman–Crippen LogP) is 5.82. The van der Waals surface area contributed by atoms with Gasteiger partial charge in [0.25, 0.3) is 0 Å². The Morgan fingerprint density at radius 1 is 0.812 bits per heavy atom. The highest BCUT2D eigenvalue weighted by Crippen LogP contribution is 2.33. The van der Waals surface area contributed by atoms with Gasteiger partial charge in [-0.15, -0.1) is 0 Å². The summed E-state index contributed by atoms with van der Waals surface area (Å²) in [6.45, 7) is 3.73. The van der Waals surface area contributed by atoms with Crippen LogP contribution in [0, 0.1) is 0 Å². The van der Waals surface area contributed by atoms with E-state index in [1.54, 1.807) is 0 Å². The van der Waals surface area contributed by atoms with Crippen LogP contribution in [0.25, 0.3) is 0 Å². The molecule has 3 aromatic carbocycles. The molecule has 0 radical (unpaired) electrons. The Bertz CT molecular complexity index is 960. The maximum atomic E-state index is 7.08. The van der Waals surface area contributed by atoms with E-state index in [0.717, 1.165) is 38.2 Å². The highest BCUT2D eigenvalue weighted by atomic mass is 17.2. The molecule has 0 bridgehead atoms. The fourth-order valence-electron chi connectivity index (χ4n) is 4.92. The summed E-state index contributed by atoms with van der Waals surface area (Å²) in [5.41, 5.74) is 5.02. The summed E-state index contributed by atoms with van der Waals surface area (Å²) in [4.78, 5) is 17.5. The van der Waals surface area contributed by atoms with Crippen molar-refractivity contribution in [2.45, 2.75) is 38.2 Å². The summed E-state index contributed by atoms with van der Waals surface area (Å²) < 4.78 is 0.713. The van der Waals surface area contributed by atoms with Crippen molar-refractivity contribution in [2.24, 2.45) is 0 Å². The van der Waals surface area contributed by atoms with Crippen LogP contribution < -0.4 is 4.89 Å². The molecule has 4 heteroatoms. The van der Waals surface area contributed by atoms with Gasteiger partial charge in [0.05, 0.1) is 6.61 Å². The minimum atomic E-state index is -0.0652. The third-order valence-electron chi connectivity index (χ3n) is 6.70. The summed E-state index contributed by atoms with van der Waals surface area (Å²) >= 11 is 0. The molecule has 1 saturated heterocycles. The smallest absolute Gasteiger partial charge is 0.168 e. The summed E-state index contributed by atoms with van der Waals surface area (Å²) in [6.07, 6.45) is 5.55. The van der Waals surface area contributed by atoms with E-state index in [9.17, 15) is 0 Å². The molecule has 1 fully saturated rings. The van der Waals surface area contributed by atoms with Crippen molar-refractivity contribution < 1.29 is 19.3 Å². The van der Waals surface area contributed by atoms with Crippen LogP contribution in [0.4, 0.5) is 0 Å². The van der Waals surface area contributed by atoms with Gasteiger partial charge in [-0.05, 0) is 42.0 Å². The normalized spacial score (nSPS) is 17.5. The van der Waals surface area contributed by atoms with Gasteiger partial charge >= 0.3 is 0 Å². The Hall–Kier alpha value is -2.66. The van der Waals surface area contributed by atoms with Crippen LogP contribution in [0.5, 0.6) is 5.75 Å². The Balaban J connectivity index is 1.39. The van der Waals surface area contributed by atoms with E-state index < -0.39 is 0 Å². The van der Waals surface area contributed by atoms with E-state index in [4.69, 9.17) is 14.6 Å². The highest BCUT2D eigenvalue weighted by Gasteiger charge is 2.36. The average Bonchev–Trinajstić information content (AvgIpc) is 2.88. The number of hydrogen-bond acceptors (Lipinski definition) is 3. The van der Waals surface area contributed by atoms with Gasteiger partial charge < -0.3 is 4.89 Å². The summed E-state index contributed by atoms with van der Waals surface area (Å²) in [6, 6.07) is 27.8. The number of rotatable bonds is 7. The molecule has 32 heavy (non-hydrogen) atoms. The first kappa shape index (κ1) is 21.2. The molecule has 166 valence electrons. The fraction of sp³-hybridized carbons (Fsp3) is 0.357. The molecule has 0 saturated carbocycles. The lowest BCUT2D eigenvalue weighted by Gasteiger charge is -2.41. The second kappa shape index (κ2) is 9.86. The van der Waals surface area contributed by atoms with Gasteiger partial charge in [0.1, 0.15) is 19.6 Å². The van der Waals surface area contributed by atoms with Crippen molar-refractivity contribution >= 4 is 0 Å². The van der Waals surface area contributed by atoms with Crippen molar-refractivity contribution in [1.82, 2.24) is 0 Å². The van der Waals surface area contributed by atoms with Gasteiger partial charge in [0, 0.05) is 18.4 Å². The number of hydroxylamine groups is 3. The second-order valence-electron chi connectivity index (χ2n) is 8.94. The van der Waals surface area contributed by atoms with Crippen LogP contribution in [0.15, 0.2) is 78.9 Å². The first-order valence-electron chi connectivity index (χ1n) is 11.9. The lowest BCUT2D eigenvalue weighted by atomic mass is 10.0. The topological polar surface area (TPSA) is 27.7 Å². The maximum absolute atomic E-state index is 7.08. The number of likely N-dealkylation sites (tertiary alicyclic amines) is 1. The zero-order valence-electron chi connectivity index (χ0n) is 18.6. The minimum Gasteiger partial charge on any atom is -0.337 e. The largest absolute Gasteiger partial charge is 0.337 e. The van der Waals surface area contributed by atoms with Crippen LogP contribution in [-0.4, -0.2) is 30.9 Å². The molecule has 2 aliphatic heterocycles. The van der Waals surface area contributed by atoms with Gasteiger partial charge in [0.15, 0.2) is 11.9 Å². The third kappa shape index (κ3) is 4.88. The Kier molecular flexibility index (Phi) is 6.54. The van der Waals surface area contributed by atoms with E-state index in [2.05, 4.69) is 72.8 Å². The second-order valence-corrected chi connectivity index (χ2v) is 8.94. The third-order valence-corrected chi connectivity index (χ3v) is 6.70. The van der Waals surface area contributed by atoms with Gasteiger partial charge in [-0.2, -0.15) is 14.4 Å². The molecular weight excluding hydrogens is 398 g/mol. The molecule has 0 unspecified atom stereocenters. The average molecular weight is 431 g/mol. The van der Waals surface area contributed by atoms with Crippen molar-refractivity contribution in [2.75, 3.05) is 26.2 Å². The molecule has 4 nitrogen and oxygen atoms in total. The van der Waals surface area contributed by atoms with Crippen molar-refractivity contribution in [3.8, 4) is 5.75 Å². The zero-order chi connectivity index (χ0) is 21.6. The summed E-state index contributed by atoms with van der Waals surface area (Å²) in [5, 5.41) is 0. The lowest BCUT2D eigenvalue weighted by molar-refractivity contribution is -1.11. The first-order valence-corrected chi connectivity index (χ1v) is 11.9. The van der Waals surface area contributed by atoms with Gasteiger partial charge in [0.2, 0.25) is 0 Å². The van der Waals surface area contributed by atoms with Crippen molar-refractivity contribution in [3.05, 3.63) is 101 Å². The predicted molar refractivity (Wildman–Crippen MR) is 125 cm³/mol. The maximum Gasteiger partial charge on any atom is 0.168 e. The van der Waals surface area contributed by atoms with E-state index >= 15 is 0 Å². The highest BCUT2D eigenvalue weighted by molar-refractivity contribution is 5.38. The molecule has 0 N–H and O–H groups in total. The van der Waals surface area contributed by atoms with Gasteiger partial charge in [-0.25, -0.2) is 0 Å². The molecule has 0 atom stereocenters. The lowest BCUT2D eigenvalue weighted by Crippen LogP contribution is -2.53. The van der Waals surface area contributed by atoms with Gasteiger partial charge in [-0.1, -0.05) is 72.8 Å². The van der Waals surface area contributed by atoms with Crippen LogP contribution >= 0.6 is 0 Å². The van der Waals surface area contributed by atoms with Crippen LogP contribution in [0.1, 0.15) is 47.6 Å². The SMILES string of the molecule is c1ccc(C(O[N+]2(CCc3ccc4c(c3)CCOO4)CCCCC2)c2ccccc2)cc1. The van der Waals surface area contributed by atoms with E-state index in [-0.39, 0.29) is 6.10 Å². The number of nitrogens with zero attached hydrogens (tertiary/aromatic N) is 1. The monoisotopic (exact) mass is 430 g/mol. The molecule has 0 aromatic heterocycles. The number of quaternary nitrogens is 1. The molecule has 3 aromatic rings. The number of benzene rings is 3. The Labute approximate surface area is 190 Å². The molecule has 2 aliphatic rings. The van der Waals surface area contributed by atoms with E-state index in [1.807, 2.05) is 6.07 Å². The Morgan fingerprint density at radius 2 is 1.50 bits per heavy atom. The molecule has 0 spiro atoms. The molecular formula is C28H32NO3+. The van der Waals surface area contributed by atoms with Crippen molar-refractivity contribution in [3.63, 3.8) is 0 Å². The minimum absolute atomic E-state index is 0.0652. The number of fused-ring (bicyclic) bond motifs is 1. The van der Waals surface area contributed by atoms with Crippen LogP contribution in [0.3, 0.4) is 0 Å². The quantitative estimate of drug-likeness (QED) is 0.349. The van der Waals surface area contributed by atoms with Gasteiger partial charge in [-0.3, -0.25) is 0 Å². The summed E-state index contributed by atoms with van der Waals surface area (Å²) in [5.74, 6) is 0.853. The molecule has 2 heterocycles. The van der Waals surface area contributed by atoms with Crippen LogP contribution in [-0.2, 0) is 22.6 Å². The number of piperidine rings is 1. The van der Waals surface area contributed by atoms with Crippen molar-refractivity contribution in [1.29, 1.82) is 0 Å². The summed E-state index contributed by atoms with van der Waals surface area (Å²) in [7, 11) is 0. The first-order chi connectivity index (χ1) is 15.8. The zero-order valence-corrected chi connectivity index (χ0v) is 18.6. The van der Waals surface area contributed by atoms with Crippen LogP contribution in [0.2, 0.25) is 0 Å². The standard InChI is InChI=1S/C28H32NO3/c1-4-10-24(11-5-1)28(25-12-6-2-7-13-25)31-29(18-8-3-9-19-29)20-16-23-14-15-27-26(22-23)17-21-30-32-27/h1-2,4-7,10-15,22,28H,3,8-9,16-21H2/q+1. The molecule has 0 amide bonds. The van der Waals surface area contributed by atoms with E-state index in [0.29, 0.717) is 11.3 Å². The molecule has 0 aliphatic carbocycles. The number of hydrogen-bond donors (Lipinski definition) is 0. The van der Waals surface area contributed by atoms with E-state index in [1.165, 1.54) is 41.5 Å².